The number of hydrogen-bond acceptors (Lipinski definition) is 7. The number of aromatic nitrogens is 1. The van der Waals surface area contributed by atoms with Gasteiger partial charge in [0.05, 0.1) is 28.3 Å². The maximum absolute atomic E-state index is 13.3. The summed E-state index contributed by atoms with van der Waals surface area (Å²) in [6.45, 7) is 6.27. The Kier molecular flexibility index (Phi) is 7.80. The van der Waals surface area contributed by atoms with Crippen molar-refractivity contribution in [2.75, 3.05) is 50.0 Å². The Morgan fingerprint density at radius 2 is 1.91 bits per heavy atom. The summed E-state index contributed by atoms with van der Waals surface area (Å²) in [6, 6.07) is 12.3. The molecule has 0 radical (unpaired) electrons. The van der Waals surface area contributed by atoms with Gasteiger partial charge in [-0.15, -0.1) is 0 Å². The summed E-state index contributed by atoms with van der Waals surface area (Å²) in [6.07, 6.45) is 0.718. The number of carbonyl (C=O) groups excluding carboxylic acids is 1. The monoisotopic (exact) mass is 551 g/mol. The highest BCUT2D eigenvalue weighted by molar-refractivity contribution is 9.10. The highest BCUT2D eigenvalue weighted by Gasteiger charge is 2.26. The number of hydrogen-bond donors (Lipinski definition) is 0. The van der Waals surface area contributed by atoms with E-state index in [4.69, 9.17) is 4.74 Å². The highest BCUT2D eigenvalue weighted by Crippen LogP contribution is 2.31. The zero-order valence-electron chi connectivity index (χ0n) is 18.4. The van der Waals surface area contributed by atoms with Gasteiger partial charge in [0.1, 0.15) is 5.75 Å². The van der Waals surface area contributed by atoms with Crippen LogP contribution in [0.5, 0.6) is 0 Å². The molecule has 0 N–H and O–H groups in total. The van der Waals surface area contributed by atoms with Crippen LogP contribution in [0.2, 0.25) is 0 Å². The molecule has 0 saturated carbocycles. The molecule has 4 rings (SSSR count). The standard InChI is InChI=1S/C23H26BrN3O4S2/c1-17-3-6-19(7-4-17)33(29,30)16-22(28)27(10-2-9-26-11-13-31-14-12-26)23-25-20-8-5-18(24)15-21(20)32-23/h3-8,15H,2,9-14,16H2,1H3. The second kappa shape index (κ2) is 10.6. The van der Waals surface area contributed by atoms with Crippen LogP contribution in [-0.2, 0) is 19.4 Å². The lowest BCUT2D eigenvalue weighted by Gasteiger charge is -2.27. The molecule has 2 aromatic carbocycles. The molecule has 7 nitrogen and oxygen atoms in total. The molecule has 0 bridgehead atoms. The van der Waals surface area contributed by atoms with Crippen LogP contribution in [0.15, 0.2) is 51.8 Å². The van der Waals surface area contributed by atoms with Gasteiger partial charge in [-0.05, 0) is 43.7 Å². The van der Waals surface area contributed by atoms with Crippen LogP contribution in [-0.4, -0.2) is 69.4 Å². The van der Waals surface area contributed by atoms with Gasteiger partial charge in [0.25, 0.3) is 0 Å². The predicted octanol–water partition coefficient (Wildman–Crippen LogP) is 3.90. The van der Waals surface area contributed by atoms with E-state index in [1.165, 1.54) is 16.2 Å². The van der Waals surface area contributed by atoms with Gasteiger partial charge in [0, 0.05) is 30.7 Å². The Labute approximate surface area is 206 Å². The molecule has 1 saturated heterocycles. The number of anilines is 1. The van der Waals surface area contributed by atoms with Crippen LogP contribution >= 0.6 is 27.3 Å². The van der Waals surface area contributed by atoms with Crippen molar-refractivity contribution in [2.45, 2.75) is 18.2 Å². The second-order valence-corrected chi connectivity index (χ2v) is 11.9. The minimum atomic E-state index is -3.76. The smallest absolute Gasteiger partial charge is 0.244 e. The molecule has 0 unspecified atom stereocenters. The van der Waals surface area contributed by atoms with Crippen molar-refractivity contribution in [3.8, 4) is 0 Å². The normalized spacial score (nSPS) is 15.1. The Hall–Kier alpha value is -1.85. The second-order valence-electron chi connectivity index (χ2n) is 8.03. The Morgan fingerprint density at radius 1 is 1.18 bits per heavy atom. The van der Waals surface area contributed by atoms with Crippen molar-refractivity contribution in [1.29, 1.82) is 0 Å². The van der Waals surface area contributed by atoms with Crippen molar-refractivity contribution < 1.29 is 17.9 Å². The zero-order chi connectivity index (χ0) is 23.4. The van der Waals surface area contributed by atoms with E-state index in [0.29, 0.717) is 24.9 Å². The summed E-state index contributed by atoms with van der Waals surface area (Å²) in [5.74, 6) is -1.05. The fraction of sp³-hybridized carbons (Fsp3) is 0.391. The maximum atomic E-state index is 13.3. The molecule has 0 aliphatic carbocycles. The van der Waals surface area contributed by atoms with Gasteiger partial charge in [0.2, 0.25) is 5.91 Å². The van der Waals surface area contributed by atoms with Gasteiger partial charge in [-0.2, -0.15) is 0 Å². The van der Waals surface area contributed by atoms with Crippen molar-refractivity contribution in [3.63, 3.8) is 0 Å². The minimum Gasteiger partial charge on any atom is -0.379 e. The molecule has 3 aromatic rings. The van der Waals surface area contributed by atoms with Crippen LogP contribution in [0.1, 0.15) is 12.0 Å². The van der Waals surface area contributed by atoms with E-state index >= 15 is 0 Å². The average Bonchev–Trinajstić information content (AvgIpc) is 3.20. The third-order valence-electron chi connectivity index (χ3n) is 5.52. The molecule has 1 fully saturated rings. The number of thiazole rings is 1. The molecule has 176 valence electrons. The van der Waals surface area contributed by atoms with Gasteiger partial charge in [-0.3, -0.25) is 14.6 Å². The molecule has 0 atom stereocenters. The molecule has 10 heteroatoms. The largest absolute Gasteiger partial charge is 0.379 e. The summed E-state index contributed by atoms with van der Waals surface area (Å²) < 4.78 is 33.1. The number of rotatable bonds is 8. The van der Waals surface area contributed by atoms with Crippen molar-refractivity contribution in [1.82, 2.24) is 9.88 Å². The molecule has 2 heterocycles. The first kappa shape index (κ1) is 24.3. The van der Waals surface area contributed by atoms with Gasteiger partial charge in [-0.25, -0.2) is 13.4 Å². The summed E-state index contributed by atoms with van der Waals surface area (Å²) in [5, 5.41) is 0.522. The van der Waals surface area contributed by atoms with Gasteiger partial charge in [-0.1, -0.05) is 45.0 Å². The predicted molar refractivity (Wildman–Crippen MR) is 135 cm³/mol. The van der Waals surface area contributed by atoms with E-state index < -0.39 is 21.5 Å². The Morgan fingerprint density at radius 3 is 2.64 bits per heavy atom. The number of halogens is 1. The number of fused-ring (bicyclic) bond motifs is 1. The molecule has 1 amide bonds. The quantitative estimate of drug-likeness (QED) is 0.422. The molecule has 1 aliphatic heterocycles. The number of sulfone groups is 1. The lowest BCUT2D eigenvalue weighted by atomic mass is 10.2. The summed E-state index contributed by atoms with van der Waals surface area (Å²) >= 11 is 4.86. The molecule has 0 spiro atoms. The van der Waals surface area contributed by atoms with Crippen molar-refractivity contribution >= 4 is 58.4 Å². The fourth-order valence-electron chi connectivity index (χ4n) is 3.68. The SMILES string of the molecule is Cc1ccc(S(=O)(=O)CC(=O)N(CCCN2CCOCC2)c2nc3ccc(Br)cc3s2)cc1. The lowest BCUT2D eigenvalue weighted by molar-refractivity contribution is -0.116. The molecule has 1 aliphatic rings. The summed E-state index contributed by atoms with van der Waals surface area (Å²) in [4.78, 5) is 21.9. The Bertz CT molecular complexity index is 1220. The van der Waals surface area contributed by atoms with E-state index in [0.717, 1.165) is 46.3 Å². The fourth-order valence-corrected chi connectivity index (χ4v) is 6.43. The molecule has 33 heavy (non-hydrogen) atoms. The van der Waals surface area contributed by atoms with E-state index in [-0.39, 0.29) is 4.90 Å². The molecular weight excluding hydrogens is 526 g/mol. The summed E-state index contributed by atoms with van der Waals surface area (Å²) in [5.41, 5.74) is 1.75. The first-order valence-corrected chi connectivity index (χ1v) is 14.0. The van der Waals surface area contributed by atoms with E-state index in [1.807, 2.05) is 25.1 Å². The number of amides is 1. The van der Waals surface area contributed by atoms with E-state index in [9.17, 15) is 13.2 Å². The number of nitrogens with zero attached hydrogens (tertiary/aromatic N) is 3. The first-order valence-electron chi connectivity index (χ1n) is 10.8. The third-order valence-corrected chi connectivity index (χ3v) is 8.68. The first-order chi connectivity index (χ1) is 15.8. The number of carbonyl (C=O) groups is 1. The van der Waals surface area contributed by atoms with Crippen molar-refractivity contribution in [3.05, 3.63) is 52.5 Å². The number of aryl methyl sites for hydroxylation is 1. The molecular formula is C23H26BrN3O4S2. The summed E-state index contributed by atoms with van der Waals surface area (Å²) in [7, 11) is -3.76. The topological polar surface area (TPSA) is 79.8 Å². The van der Waals surface area contributed by atoms with Crippen LogP contribution in [0.4, 0.5) is 5.13 Å². The van der Waals surface area contributed by atoms with E-state index in [1.54, 1.807) is 24.3 Å². The molecule has 1 aromatic heterocycles. The van der Waals surface area contributed by atoms with Gasteiger partial charge in [0.15, 0.2) is 15.0 Å². The minimum absolute atomic E-state index is 0.156. The zero-order valence-corrected chi connectivity index (χ0v) is 21.6. The van der Waals surface area contributed by atoms with Crippen LogP contribution in [0.25, 0.3) is 10.2 Å². The number of benzene rings is 2. The lowest BCUT2D eigenvalue weighted by Crippen LogP contribution is -2.40. The van der Waals surface area contributed by atoms with Crippen LogP contribution < -0.4 is 4.90 Å². The van der Waals surface area contributed by atoms with Crippen LogP contribution in [0, 0.1) is 6.92 Å². The van der Waals surface area contributed by atoms with Gasteiger partial charge >= 0.3 is 0 Å². The van der Waals surface area contributed by atoms with Crippen molar-refractivity contribution in [2.24, 2.45) is 0 Å². The Balaban J connectivity index is 1.55. The van der Waals surface area contributed by atoms with Crippen LogP contribution in [0.3, 0.4) is 0 Å². The number of ether oxygens (including phenoxy) is 1. The van der Waals surface area contributed by atoms with E-state index in [2.05, 4.69) is 25.8 Å². The third kappa shape index (κ3) is 6.19. The maximum Gasteiger partial charge on any atom is 0.244 e. The number of morpholine rings is 1. The average molecular weight is 553 g/mol. The highest BCUT2D eigenvalue weighted by atomic mass is 79.9. The van der Waals surface area contributed by atoms with Gasteiger partial charge < -0.3 is 4.74 Å².